The molecule has 0 bridgehead atoms. The number of sulfone groups is 1. The number of anilines is 1. The number of benzene rings is 1. The molecule has 21 heavy (non-hydrogen) atoms. The average Bonchev–Trinajstić information content (AvgIpc) is 2.34. The molecule has 0 aromatic heterocycles. The van der Waals surface area contributed by atoms with E-state index in [2.05, 4.69) is 0 Å². The molecule has 1 rings (SSSR count). The number of hydrogen-bond acceptors (Lipinski definition) is 6. The number of carboxylic acids is 1. The number of nitrogen functional groups attached to an aromatic ring is 1. The van der Waals surface area contributed by atoms with E-state index in [-0.39, 0.29) is 18.0 Å². The first-order valence-electron chi connectivity index (χ1n) is 5.72. The number of sulfonamides is 1. The number of hydrogen-bond donors (Lipinski definition) is 2. The summed E-state index contributed by atoms with van der Waals surface area (Å²) in [6.45, 7) is -0.273. The molecule has 0 aliphatic heterocycles. The van der Waals surface area contributed by atoms with E-state index in [0.717, 1.165) is 22.7 Å². The van der Waals surface area contributed by atoms with E-state index in [1.807, 2.05) is 0 Å². The molecule has 0 fully saturated rings. The van der Waals surface area contributed by atoms with Gasteiger partial charge in [0.05, 0.1) is 16.2 Å². The summed E-state index contributed by atoms with van der Waals surface area (Å²) in [5.41, 5.74) is 5.11. The number of nitrogens with two attached hydrogens (primary N) is 1. The molecule has 3 N–H and O–H groups in total. The fourth-order valence-electron chi connectivity index (χ4n) is 1.52. The van der Waals surface area contributed by atoms with Crippen LogP contribution in [0.25, 0.3) is 0 Å². The lowest BCUT2D eigenvalue weighted by Gasteiger charge is -2.18. The highest BCUT2D eigenvalue weighted by Crippen LogP contribution is 2.22. The number of carbonyl (C=O) groups is 1. The van der Waals surface area contributed by atoms with Crippen molar-refractivity contribution in [3.63, 3.8) is 0 Å². The molecule has 0 heterocycles. The Morgan fingerprint density at radius 3 is 2.33 bits per heavy atom. The summed E-state index contributed by atoms with van der Waals surface area (Å²) in [6, 6.07) is 3.40. The second-order valence-electron chi connectivity index (χ2n) is 4.52. The molecule has 0 radical (unpaired) electrons. The van der Waals surface area contributed by atoms with E-state index in [1.54, 1.807) is 0 Å². The Morgan fingerprint density at radius 1 is 1.29 bits per heavy atom. The van der Waals surface area contributed by atoms with Crippen LogP contribution in [0.4, 0.5) is 5.69 Å². The molecule has 1 aromatic carbocycles. The van der Waals surface area contributed by atoms with Crippen molar-refractivity contribution in [1.29, 1.82) is 0 Å². The zero-order valence-corrected chi connectivity index (χ0v) is 13.1. The minimum atomic E-state index is -4.12. The van der Waals surface area contributed by atoms with Gasteiger partial charge >= 0.3 is 5.97 Å². The van der Waals surface area contributed by atoms with Gasteiger partial charge < -0.3 is 10.8 Å². The second-order valence-corrected chi connectivity index (χ2v) is 8.79. The van der Waals surface area contributed by atoms with Crippen molar-refractivity contribution in [1.82, 2.24) is 4.31 Å². The highest BCUT2D eigenvalue weighted by Gasteiger charge is 2.27. The van der Waals surface area contributed by atoms with Crippen molar-refractivity contribution in [2.75, 3.05) is 31.3 Å². The largest absolute Gasteiger partial charge is 0.478 e. The smallest absolute Gasteiger partial charge is 0.337 e. The molecule has 0 unspecified atom stereocenters. The molecule has 1 aromatic rings. The molecule has 8 nitrogen and oxygen atoms in total. The van der Waals surface area contributed by atoms with Gasteiger partial charge in [-0.25, -0.2) is 21.6 Å². The molecule has 118 valence electrons. The van der Waals surface area contributed by atoms with E-state index in [1.165, 1.54) is 13.1 Å². The molecule has 0 saturated heterocycles. The monoisotopic (exact) mass is 336 g/mol. The number of aromatic carboxylic acids is 1. The average molecular weight is 336 g/mol. The molecular formula is C11H16N2O6S2. The third-order valence-corrected chi connectivity index (χ3v) is 5.54. The lowest BCUT2D eigenvalue weighted by molar-refractivity contribution is 0.0692. The van der Waals surface area contributed by atoms with Crippen molar-refractivity contribution in [2.24, 2.45) is 0 Å². The van der Waals surface area contributed by atoms with Crippen LogP contribution in [0.15, 0.2) is 23.1 Å². The summed E-state index contributed by atoms with van der Waals surface area (Å²) >= 11 is 0. The quantitative estimate of drug-likeness (QED) is 0.677. The maximum atomic E-state index is 12.3. The van der Waals surface area contributed by atoms with E-state index >= 15 is 0 Å². The van der Waals surface area contributed by atoms with E-state index in [4.69, 9.17) is 10.8 Å². The van der Waals surface area contributed by atoms with Gasteiger partial charge in [0, 0.05) is 25.5 Å². The normalized spacial score (nSPS) is 12.5. The van der Waals surface area contributed by atoms with Gasteiger partial charge in [0.2, 0.25) is 10.0 Å². The Kier molecular flexibility index (Phi) is 4.97. The van der Waals surface area contributed by atoms with Crippen LogP contribution in [0, 0.1) is 0 Å². The van der Waals surface area contributed by atoms with Gasteiger partial charge in [-0.15, -0.1) is 0 Å². The highest BCUT2D eigenvalue weighted by atomic mass is 32.2. The molecule has 0 aliphatic rings. The third-order valence-electron chi connectivity index (χ3n) is 2.70. The summed E-state index contributed by atoms with van der Waals surface area (Å²) in [7, 11) is -6.28. The summed E-state index contributed by atoms with van der Waals surface area (Å²) in [4.78, 5) is 10.7. The van der Waals surface area contributed by atoms with Crippen LogP contribution in [0.1, 0.15) is 10.4 Å². The first-order chi connectivity index (χ1) is 9.45. The van der Waals surface area contributed by atoms with Crippen LogP contribution >= 0.6 is 0 Å². The van der Waals surface area contributed by atoms with Crippen molar-refractivity contribution in [3.05, 3.63) is 23.8 Å². The zero-order chi connectivity index (χ0) is 16.4. The van der Waals surface area contributed by atoms with Gasteiger partial charge in [-0.2, -0.15) is 4.31 Å². The van der Waals surface area contributed by atoms with Crippen molar-refractivity contribution in [2.45, 2.75) is 4.90 Å². The predicted octanol–water partition coefficient (Wildman–Crippen LogP) is -0.368. The molecule has 0 spiro atoms. The molecule has 10 heteroatoms. The van der Waals surface area contributed by atoms with Crippen LogP contribution in [-0.2, 0) is 19.9 Å². The molecule has 0 atom stereocenters. The van der Waals surface area contributed by atoms with Crippen LogP contribution in [0.3, 0.4) is 0 Å². The molecule has 0 aliphatic carbocycles. The van der Waals surface area contributed by atoms with Crippen LogP contribution in [-0.4, -0.2) is 57.8 Å². The first kappa shape index (κ1) is 17.4. The minimum absolute atomic E-state index is 0.116. The summed E-state index contributed by atoms with van der Waals surface area (Å²) < 4.78 is 47.6. The topological polar surface area (TPSA) is 135 Å². The summed E-state index contributed by atoms with van der Waals surface area (Å²) in [6.07, 6.45) is 0.985. The lowest BCUT2D eigenvalue weighted by atomic mass is 10.2. The molecule has 0 saturated carbocycles. The fourth-order valence-corrected chi connectivity index (χ4v) is 3.57. The fraction of sp³-hybridized carbons (Fsp3) is 0.364. The van der Waals surface area contributed by atoms with Crippen molar-refractivity contribution >= 4 is 31.5 Å². The Hall–Kier alpha value is -1.65. The standard InChI is InChI=1S/C11H16N2O6S2/c1-13(5-6-20(2,16)17)21(18,19)10-4-3-8(12)7-9(10)11(14)15/h3-4,7H,5-6,12H2,1-2H3,(H,14,15). The maximum absolute atomic E-state index is 12.3. The molecule has 0 amide bonds. The van der Waals surface area contributed by atoms with Crippen LogP contribution in [0.2, 0.25) is 0 Å². The van der Waals surface area contributed by atoms with Gasteiger partial charge in [-0.1, -0.05) is 0 Å². The van der Waals surface area contributed by atoms with Crippen LogP contribution < -0.4 is 5.73 Å². The van der Waals surface area contributed by atoms with Gasteiger partial charge in [-0.05, 0) is 18.2 Å². The summed E-state index contributed by atoms with van der Waals surface area (Å²) in [5, 5.41) is 9.06. The Morgan fingerprint density at radius 2 is 1.86 bits per heavy atom. The first-order valence-corrected chi connectivity index (χ1v) is 9.22. The van der Waals surface area contributed by atoms with E-state index < -0.39 is 36.3 Å². The SMILES string of the molecule is CN(CCS(C)(=O)=O)S(=O)(=O)c1ccc(N)cc1C(=O)O. The van der Waals surface area contributed by atoms with Gasteiger partial charge in [0.1, 0.15) is 9.84 Å². The van der Waals surface area contributed by atoms with Crippen LogP contribution in [0.5, 0.6) is 0 Å². The van der Waals surface area contributed by atoms with Gasteiger partial charge in [0.15, 0.2) is 0 Å². The number of nitrogens with zero attached hydrogens (tertiary/aromatic N) is 1. The number of rotatable bonds is 6. The number of carboxylic acid groups (broad SMARTS) is 1. The second kappa shape index (κ2) is 6.00. The minimum Gasteiger partial charge on any atom is -0.478 e. The Bertz CT molecular complexity index is 755. The third kappa shape index (κ3) is 4.41. The maximum Gasteiger partial charge on any atom is 0.337 e. The molecular weight excluding hydrogens is 320 g/mol. The van der Waals surface area contributed by atoms with Gasteiger partial charge in [-0.3, -0.25) is 0 Å². The van der Waals surface area contributed by atoms with E-state index in [9.17, 15) is 21.6 Å². The highest BCUT2D eigenvalue weighted by molar-refractivity contribution is 7.91. The zero-order valence-electron chi connectivity index (χ0n) is 11.5. The van der Waals surface area contributed by atoms with E-state index in [0.29, 0.717) is 0 Å². The van der Waals surface area contributed by atoms with Crippen molar-refractivity contribution < 1.29 is 26.7 Å². The predicted molar refractivity (Wildman–Crippen MR) is 77.3 cm³/mol. The Labute approximate surface area is 123 Å². The van der Waals surface area contributed by atoms with Crippen molar-refractivity contribution in [3.8, 4) is 0 Å². The Balaban J connectivity index is 3.22. The lowest BCUT2D eigenvalue weighted by Crippen LogP contribution is -2.32. The van der Waals surface area contributed by atoms with Gasteiger partial charge in [0.25, 0.3) is 0 Å². The summed E-state index contributed by atoms with van der Waals surface area (Å²) in [5.74, 6) is -1.79.